The van der Waals surface area contributed by atoms with Gasteiger partial charge in [-0.25, -0.2) is 4.31 Å². The van der Waals surface area contributed by atoms with E-state index in [0.717, 1.165) is 6.20 Å². The van der Waals surface area contributed by atoms with Gasteiger partial charge >= 0.3 is 25.9 Å². The standard InChI is InChI=1S/C5H7F3N2O5S2/c1-9-2-3-10(4-9)17(13,14)15-16(11,12)5(6,7)8/h2-3H,4H2,1H3. The molecule has 0 amide bonds. The van der Waals surface area contributed by atoms with Gasteiger partial charge in [0.1, 0.15) is 6.67 Å². The van der Waals surface area contributed by atoms with E-state index in [2.05, 4.69) is 3.63 Å². The summed E-state index contributed by atoms with van der Waals surface area (Å²) >= 11 is 0. The van der Waals surface area contributed by atoms with Crippen LogP contribution in [0.2, 0.25) is 0 Å². The molecule has 0 unspecified atom stereocenters. The Morgan fingerprint density at radius 1 is 1.18 bits per heavy atom. The Labute approximate surface area is 95.4 Å². The number of rotatable bonds is 3. The van der Waals surface area contributed by atoms with Gasteiger partial charge in [0.2, 0.25) is 0 Å². The van der Waals surface area contributed by atoms with Crippen LogP contribution in [0.1, 0.15) is 0 Å². The number of alkyl halides is 3. The van der Waals surface area contributed by atoms with E-state index in [1.165, 1.54) is 18.1 Å². The van der Waals surface area contributed by atoms with Gasteiger partial charge in [0.05, 0.1) is 0 Å². The Kier molecular flexibility index (Phi) is 3.33. The Morgan fingerprint density at radius 2 is 1.71 bits per heavy atom. The molecule has 0 spiro atoms. The van der Waals surface area contributed by atoms with Crippen LogP contribution in [0.4, 0.5) is 13.2 Å². The maximum absolute atomic E-state index is 11.9. The van der Waals surface area contributed by atoms with Crippen molar-refractivity contribution in [2.75, 3.05) is 13.7 Å². The highest BCUT2D eigenvalue weighted by Gasteiger charge is 2.51. The molecule has 12 heteroatoms. The second kappa shape index (κ2) is 4.03. The molecule has 0 aromatic rings. The summed E-state index contributed by atoms with van der Waals surface area (Å²) in [5.41, 5.74) is -5.80. The minimum Gasteiger partial charge on any atom is -0.361 e. The van der Waals surface area contributed by atoms with Gasteiger partial charge in [-0.1, -0.05) is 0 Å². The fourth-order valence-electron chi connectivity index (χ4n) is 0.838. The molecular formula is C5H7F3N2O5S2. The maximum Gasteiger partial charge on any atom is 0.524 e. The molecule has 0 radical (unpaired) electrons. The predicted molar refractivity (Wildman–Crippen MR) is 48.6 cm³/mol. The summed E-state index contributed by atoms with van der Waals surface area (Å²) in [5, 5.41) is 0. The first-order valence-electron chi connectivity index (χ1n) is 3.88. The summed E-state index contributed by atoms with van der Waals surface area (Å²) in [5.74, 6) is 0. The van der Waals surface area contributed by atoms with E-state index in [0.29, 0.717) is 4.31 Å². The van der Waals surface area contributed by atoms with Crippen molar-refractivity contribution >= 4 is 20.4 Å². The molecule has 100 valence electrons. The van der Waals surface area contributed by atoms with Crippen LogP contribution >= 0.6 is 0 Å². The molecule has 1 heterocycles. The molecule has 0 aromatic carbocycles. The van der Waals surface area contributed by atoms with Gasteiger partial charge in [-0.3, -0.25) is 0 Å². The van der Waals surface area contributed by atoms with Crippen LogP contribution in [0.25, 0.3) is 0 Å². The second-order valence-electron chi connectivity index (χ2n) is 3.01. The average molecular weight is 296 g/mol. The lowest BCUT2D eigenvalue weighted by Gasteiger charge is -2.17. The number of nitrogens with zero attached hydrogens (tertiary/aromatic N) is 2. The van der Waals surface area contributed by atoms with Crippen molar-refractivity contribution in [3.8, 4) is 0 Å². The zero-order valence-electron chi connectivity index (χ0n) is 8.25. The summed E-state index contributed by atoms with van der Waals surface area (Å²) in [4.78, 5) is 1.29. The minimum absolute atomic E-state index is 0.316. The summed E-state index contributed by atoms with van der Waals surface area (Å²) < 4.78 is 82.6. The van der Waals surface area contributed by atoms with Crippen LogP contribution in [0.5, 0.6) is 0 Å². The van der Waals surface area contributed by atoms with Crippen molar-refractivity contribution in [2.45, 2.75) is 5.51 Å². The summed E-state index contributed by atoms with van der Waals surface area (Å²) in [6, 6.07) is 0. The van der Waals surface area contributed by atoms with Crippen molar-refractivity contribution in [2.24, 2.45) is 0 Å². The number of halogens is 3. The van der Waals surface area contributed by atoms with Crippen LogP contribution < -0.4 is 0 Å². The van der Waals surface area contributed by atoms with Crippen LogP contribution in [0.15, 0.2) is 12.4 Å². The highest BCUT2D eigenvalue weighted by atomic mass is 32.3. The van der Waals surface area contributed by atoms with E-state index in [1.807, 2.05) is 0 Å². The Balaban J connectivity index is 2.93. The monoisotopic (exact) mass is 296 g/mol. The Hall–Kier alpha value is -1.01. The van der Waals surface area contributed by atoms with E-state index >= 15 is 0 Å². The molecule has 1 aliphatic heterocycles. The molecule has 0 aromatic heterocycles. The van der Waals surface area contributed by atoms with E-state index < -0.39 is 25.9 Å². The Morgan fingerprint density at radius 3 is 2.06 bits per heavy atom. The topological polar surface area (TPSA) is 84.0 Å². The summed E-state index contributed by atoms with van der Waals surface area (Å²) in [6.45, 7) is -0.338. The third-order valence-corrected chi connectivity index (χ3v) is 4.38. The largest absolute Gasteiger partial charge is 0.524 e. The quantitative estimate of drug-likeness (QED) is 0.669. The van der Waals surface area contributed by atoms with Crippen LogP contribution in [-0.4, -0.2) is 45.3 Å². The van der Waals surface area contributed by atoms with Crippen molar-refractivity contribution < 1.29 is 33.6 Å². The van der Waals surface area contributed by atoms with Gasteiger partial charge < -0.3 is 4.90 Å². The SMILES string of the molecule is CN1C=CN(S(=O)(=O)OS(=O)(=O)C(F)(F)F)C1. The molecule has 0 N–H and O–H groups in total. The molecule has 17 heavy (non-hydrogen) atoms. The number of hydrogen-bond donors (Lipinski definition) is 0. The van der Waals surface area contributed by atoms with Crippen LogP contribution in [0.3, 0.4) is 0 Å². The molecular weight excluding hydrogens is 289 g/mol. The van der Waals surface area contributed by atoms with Gasteiger partial charge in [-0.2, -0.15) is 30.0 Å². The summed E-state index contributed by atoms with van der Waals surface area (Å²) in [6.07, 6.45) is 2.10. The fraction of sp³-hybridized carbons (Fsp3) is 0.600. The van der Waals surface area contributed by atoms with Gasteiger partial charge in [0.15, 0.2) is 0 Å². The predicted octanol–water partition coefficient (Wildman–Crippen LogP) is -0.226. The number of hydrogen-bond acceptors (Lipinski definition) is 6. The molecule has 0 aliphatic carbocycles. The van der Waals surface area contributed by atoms with Crippen LogP contribution in [0, 0.1) is 0 Å². The van der Waals surface area contributed by atoms with E-state index in [1.54, 1.807) is 0 Å². The first-order valence-corrected chi connectivity index (χ1v) is 6.66. The smallest absolute Gasteiger partial charge is 0.361 e. The van der Waals surface area contributed by atoms with Gasteiger partial charge in [-0.15, -0.1) is 3.63 Å². The first-order chi connectivity index (χ1) is 7.46. The molecule has 1 rings (SSSR count). The lowest BCUT2D eigenvalue weighted by molar-refractivity contribution is -0.0500. The second-order valence-corrected chi connectivity index (χ2v) is 6.25. The molecule has 0 atom stereocenters. The molecule has 0 saturated carbocycles. The molecule has 0 saturated heterocycles. The van der Waals surface area contributed by atoms with Gasteiger partial charge in [-0.05, 0) is 0 Å². The van der Waals surface area contributed by atoms with Crippen molar-refractivity contribution in [3.05, 3.63) is 12.4 Å². The normalized spacial score (nSPS) is 17.9. The van der Waals surface area contributed by atoms with Crippen LogP contribution in [-0.2, 0) is 24.1 Å². The molecule has 0 fully saturated rings. The lowest BCUT2D eigenvalue weighted by atomic mass is 10.9. The highest BCUT2D eigenvalue weighted by Crippen LogP contribution is 2.27. The Bertz CT molecular complexity index is 522. The summed E-state index contributed by atoms with van der Waals surface area (Å²) in [7, 11) is -9.79. The molecule has 0 bridgehead atoms. The van der Waals surface area contributed by atoms with Gasteiger partial charge in [0.25, 0.3) is 0 Å². The zero-order valence-corrected chi connectivity index (χ0v) is 9.88. The molecule has 7 nitrogen and oxygen atoms in total. The van der Waals surface area contributed by atoms with E-state index in [9.17, 15) is 30.0 Å². The third-order valence-electron chi connectivity index (χ3n) is 1.60. The molecule has 1 aliphatic rings. The van der Waals surface area contributed by atoms with E-state index in [-0.39, 0.29) is 6.67 Å². The zero-order chi connectivity index (χ0) is 13.5. The van der Waals surface area contributed by atoms with Crippen molar-refractivity contribution in [1.29, 1.82) is 0 Å². The van der Waals surface area contributed by atoms with Crippen molar-refractivity contribution in [3.63, 3.8) is 0 Å². The average Bonchev–Trinajstić information content (AvgIpc) is 2.48. The van der Waals surface area contributed by atoms with E-state index in [4.69, 9.17) is 0 Å². The third kappa shape index (κ3) is 3.01. The maximum atomic E-state index is 11.9. The van der Waals surface area contributed by atoms with Crippen molar-refractivity contribution in [1.82, 2.24) is 9.21 Å². The fourth-order valence-corrected chi connectivity index (χ4v) is 2.89. The van der Waals surface area contributed by atoms with Gasteiger partial charge in [0, 0.05) is 19.4 Å². The lowest BCUT2D eigenvalue weighted by Crippen LogP contribution is -2.36. The highest BCUT2D eigenvalue weighted by molar-refractivity contribution is 7.99. The minimum atomic E-state index is -6.19. The first kappa shape index (κ1) is 14.1.